The molecule has 6 heteroatoms. The Hall–Kier alpha value is -2.63. The summed E-state index contributed by atoms with van der Waals surface area (Å²) >= 11 is 12.5. The Morgan fingerprint density at radius 2 is 1.51 bits per heavy atom. The van der Waals surface area contributed by atoms with Gasteiger partial charge in [-0.25, -0.2) is 0 Å². The number of fused-ring (bicyclic) bond motifs is 1. The highest BCUT2D eigenvalue weighted by molar-refractivity contribution is 6.34. The van der Waals surface area contributed by atoms with Crippen molar-refractivity contribution in [1.29, 1.82) is 0 Å². The second kappa shape index (κ2) is 16.4. The Labute approximate surface area is 278 Å². The first-order chi connectivity index (χ1) is 20.2. The first-order valence-electron chi connectivity index (χ1n) is 15.0. The van der Waals surface area contributed by atoms with E-state index in [1.807, 2.05) is 4.90 Å². The lowest BCUT2D eigenvalue weighted by Crippen LogP contribution is -3.00. The largest absolute Gasteiger partial charge is 1.00 e. The number of unbranched alkanes of at least 4 members (excludes halogenated alkanes) is 1. The van der Waals surface area contributed by atoms with E-state index in [0.717, 1.165) is 54.6 Å². The van der Waals surface area contributed by atoms with Crippen molar-refractivity contribution in [3.05, 3.63) is 123 Å². The monoisotopic (exact) mass is 680 g/mol. The Kier molecular flexibility index (Phi) is 13.3. The van der Waals surface area contributed by atoms with Gasteiger partial charge < -0.3 is 26.4 Å². The summed E-state index contributed by atoms with van der Waals surface area (Å²) in [5, 5.41) is 3.55. The number of quaternary nitrogens is 1. The fourth-order valence-corrected chi connectivity index (χ4v) is 6.23. The lowest BCUT2D eigenvalue weighted by molar-refractivity contribution is -0.938. The molecular formula is C37H43BrCl2N2O. The highest BCUT2D eigenvalue weighted by atomic mass is 79.9. The number of aryl methyl sites for hydroxylation is 2. The minimum atomic E-state index is -0.0267. The number of carbonyl (C=O) groups is 1. The molecule has 0 aliphatic carbocycles. The molecule has 43 heavy (non-hydrogen) atoms. The van der Waals surface area contributed by atoms with Crippen molar-refractivity contribution in [1.82, 2.24) is 4.90 Å². The number of hydrogen-bond donors (Lipinski definition) is 0. The van der Waals surface area contributed by atoms with Crippen LogP contribution in [-0.4, -0.2) is 41.5 Å². The summed E-state index contributed by atoms with van der Waals surface area (Å²) in [6, 6.07) is 27.0. The van der Waals surface area contributed by atoms with Gasteiger partial charge in [0.1, 0.15) is 6.54 Å². The fourth-order valence-electron chi connectivity index (χ4n) is 5.87. The van der Waals surface area contributed by atoms with E-state index in [9.17, 15) is 4.79 Å². The zero-order valence-corrected chi connectivity index (χ0v) is 28.9. The summed E-state index contributed by atoms with van der Waals surface area (Å²) in [6.07, 6.45) is 5.39. The molecule has 0 saturated carbocycles. The molecular weight excluding hydrogens is 639 g/mol. The lowest BCUT2D eigenvalue weighted by atomic mass is 10.1. The Bertz CT molecular complexity index is 1530. The van der Waals surface area contributed by atoms with Crippen LogP contribution in [0.4, 0.5) is 0 Å². The number of amides is 1. The van der Waals surface area contributed by atoms with Gasteiger partial charge in [-0.2, -0.15) is 0 Å². The van der Waals surface area contributed by atoms with Crippen molar-refractivity contribution in [2.24, 2.45) is 0 Å². The van der Waals surface area contributed by atoms with Crippen LogP contribution in [0, 0.1) is 13.8 Å². The maximum atomic E-state index is 13.5. The van der Waals surface area contributed by atoms with Crippen LogP contribution in [0.3, 0.4) is 0 Å². The van der Waals surface area contributed by atoms with Gasteiger partial charge in [0, 0.05) is 34.8 Å². The first kappa shape index (κ1) is 34.9. The zero-order chi connectivity index (χ0) is 30.1. The summed E-state index contributed by atoms with van der Waals surface area (Å²) in [7, 11) is 0. The molecule has 0 aromatic heterocycles. The molecule has 4 aromatic carbocycles. The molecule has 0 spiro atoms. The van der Waals surface area contributed by atoms with Crippen molar-refractivity contribution >= 4 is 46.0 Å². The number of rotatable bonds is 13. The van der Waals surface area contributed by atoms with Crippen molar-refractivity contribution in [2.75, 3.05) is 26.2 Å². The normalized spacial score (nSPS) is 11.6. The van der Waals surface area contributed by atoms with Crippen LogP contribution in [0.1, 0.15) is 54.5 Å². The molecule has 1 amide bonds. The molecule has 0 bridgehead atoms. The van der Waals surface area contributed by atoms with Gasteiger partial charge in [0.2, 0.25) is 5.91 Å². The van der Waals surface area contributed by atoms with E-state index in [1.165, 1.54) is 27.5 Å². The smallest absolute Gasteiger partial charge is 0.246 e. The molecule has 3 nitrogen and oxygen atoms in total. The fraction of sp³-hybridized carbons (Fsp3) is 0.324. The summed E-state index contributed by atoms with van der Waals surface area (Å²) in [5.74, 6) is -0.0267. The highest BCUT2D eigenvalue weighted by Crippen LogP contribution is 2.23. The van der Waals surface area contributed by atoms with Gasteiger partial charge in [0.05, 0.1) is 19.6 Å². The third-order valence-corrected chi connectivity index (χ3v) is 8.89. The van der Waals surface area contributed by atoms with Crippen molar-refractivity contribution in [3.8, 4) is 0 Å². The van der Waals surface area contributed by atoms with Crippen LogP contribution in [-0.2, 0) is 17.9 Å². The second-order valence-corrected chi connectivity index (χ2v) is 12.3. The molecule has 0 aliphatic rings. The maximum Gasteiger partial charge on any atom is 0.246 e. The standard InChI is InChI=1S/C37H43Cl2N2O.BrH/c1-5-41(6-2,27-31-22-28(3)21-29(4)23-31)20-10-9-19-40(26-30-13-14-32-11-7-8-12-33(32)24-30)37(42)18-15-34-25-35(38)16-17-36(34)39;/h7-8,11-18,21-25H,5-6,9-10,19-20,26-27H2,1-4H3;1H/q+1;/p-1/b18-15+;. The number of halogens is 3. The SMILES string of the molecule is CC[N+](CC)(CCCCN(Cc1ccc2ccccc2c1)C(=O)/C=C/c1cc(Cl)ccc1Cl)Cc1cc(C)cc(C)c1.[Br-]. The van der Waals surface area contributed by atoms with Crippen LogP contribution in [0.25, 0.3) is 16.8 Å². The summed E-state index contributed by atoms with van der Waals surface area (Å²) < 4.78 is 1.05. The van der Waals surface area contributed by atoms with E-state index in [2.05, 4.69) is 88.4 Å². The van der Waals surface area contributed by atoms with E-state index < -0.39 is 0 Å². The van der Waals surface area contributed by atoms with Gasteiger partial charge in [0.15, 0.2) is 0 Å². The average molecular weight is 683 g/mol. The molecule has 0 radical (unpaired) electrons. The maximum absolute atomic E-state index is 13.5. The minimum Gasteiger partial charge on any atom is -1.00 e. The molecule has 0 saturated heterocycles. The Balaban J connectivity index is 0.00000506. The van der Waals surface area contributed by atoms with Crippen molar-refractivity contribution in [2.45, 2.75) is 53.6 Å². The van der Waals surface area contributed by atoms with E-state index in [-0.39, 0.29) is 22.9 Å². The summed E-state index contributed by atoms with van der Waals surface area (Å²) in [5.41, 5.74) is 5.92. The second-order valence-electron chi connectivity index (χ2n) is 11.5. The van der Waals surface area contributed by atoms with Crippen LogP contribution >= 0.6 is 23.2 Å². The predicted molar refractivity (Wildman–Crippen MR) is 180 cm³/mol. The number of nitrogens with zero attached hydrogens (tertiary/aromatic N) is 2. The lowest BCUT2D eigenvalue weighted by Gasteiger charge is -2.37. The van der Waals surface area contributed by atoms with Gasteiger partial charge in [-0.1, -0.05) is 88.9 Å². The number of carbonyl (C=O) groups excluding carboxylic acids is 1. The molecule has 4 aromatic rings. The molecule has 0 N–H and O–H groups in total. The first-order valence-corrected chi connectivity index (χ1v) is 15.8. The molecule has 0 atom stereocenters. The molecule has 4 rings (SSSR count). The predicted octanol–water partition coefficient (Wildman–Crippen LogP) is 6.65. The Morgan fingerprint density at radius 3 is 2.21 bits per heavy atom. The van der Waals surface area contributed by atoms with Crippen LogP contribution < -0.4 is 17.0 Å². The zero-order valence-electron chi connectivity index (χ0n) is 25.8. The number of benzene rings is 4. The van der Waals surface area contributed by atoms with Crippen molar-refractivity contribution in [3.63, 3.8) is 0 Å². The molecule has 0 fully saturated rings. The van der Waals surface area contributed by atoms with Crippen LogP contribution in [0.5, 0.6) is 0 Å². The molecule has 0 heterocycles. The van der Waals surface area contributed by atoms with Gasteiger partial charge in [-0.3, -0.25) is 4.79 Å². The van der Waals surface area contributed by atoms with E-state index in [1.54, 1.807) is 30.4 Å². The van der Waals surface area contributed by atoms with Crippen LogP contribution in [0.15, 0.2) is 84.9 Å². The van der Waals surface area contributed by atoms with Crippen LogP contribution in [0.2, 0.25) is 10.0 Å². The van der Waals surface area contributed by atoms with E-state index >= 15 is 0 Å². The Morgan fingerprint density at radius 1 is 0.814 bits per heavy atom. The molecule has 228 valence electrons. The van der Waals surface area contributed by atoms with Gasteiger partial charge >= 0.3 is 0 Å². The number of hydrogen-bond acceptors (Lipinski definition) is 1. The third kappa shape index (κ3) is 9.94. The average Bonchev–Trinajstić information content (AvgIpc) is 2.97. The van der Waals surface area contributed by atoms with Crippen molar-refractivity contribution < 1.29 is 26.3 Å². The molecule has 0 unspecified atom stereocenters. The minimum absolute atomic E-state index is 0. The summed E-state index contributed by atoms with van der Waals surface area (Å²) in [6.45, 7) is 14.5. The quantitative estimate of drug-likeness (QED) is 0.0880. The molecule has 0 aliphatic heterocycles. The van der Waals surface area contributed by atoms with E-state index in [0.29, 0.717) is 23.1 Å². The van der Waals surface area contributed by atoms with Gasteiger partial charge in [-0.05, 0) is 92.8 Å². The summed E-state index contributed by atoms with van der Waals surface area (Å²) in [4.78, 5) is 15.5. The third-order valence-electron chi connectivity index (χ3n) is 8.31. The van der Waals surface area contributed by atoms with Gasteiger partial charge in [0.25, 0.3) is 0 Å². The van der Waals surface area contributed by atoms with E-state index in [4.69, 9.17) is 23.2 Å². The topological polar surface area (TPSA) is 20.3 Å². The highest BCUT2D eigenvalue weighted by Gasteiger charge is 2.24. The van der Waals surface area contributed by atoms with Gasteiger partial charge in [-0.15, -0.1) is 0 Å².